The van der Waals surface area contributed by atoms with Crippen LogP contribution in [0.25, 0.3) is 0 Å². The van der Waals surface area contributed by atoms with Crippen LogP contribution in [0.5, 0.6) is 0 Å². The zero-order chi connectivity index (χ0) is 13.0. The number of nitrogens with zero attached hydrogens (tertiary/aromatic N) is 1. The number of rotatable bonds is 4. The highest BCUT2D eigenvalue weighted by molar-refractivity contribution is 6.30. The lowest BCUT2D eigenvalue weighted by Gasteiger charge is -2.15. The van der Waals surface area contributed by atoms with Crippen molar-refractivity contribution in [2.24, 2.45) is 0 Å². The Morgan fingerprint density at radius 3 is 2.28 bits per heavy atom. The highest BCUT2D eigenvalue weighted by Gasteiger charge is 2.11. The first-order valence-electron chi connectivity index (χ1n) is 5.72. The van der Waals surface area contributed by atoms with Crippen LogP contribution in [0.2, 0.25) is 10.0 Å². The van der Waals surface area contributed by atoms with E-state index in [-0.39, 0.29) is 6.04 Å². The molecule has 1 unspecified atom stereocenters. The summed E-state index contributed by atoms with van der Waals surface area (Å²) >= 11 is 11.7. The van der Waals surface area contributed by atoms with Gasteiger partial charge in [-0.3, -0.25) is 4.98 Å². The third kappa shape index (κ3) is 3.45. The maximum absolute atomic E-state index is 5.87. The van der Waals surface area contributed by atoms with Gasteiger partial charge in [0, 0.05) is 11.2 Å². The van der Waals surface area contributed by atoms with Gasteiger partial charge in [0.25, 0.3) is 0 Å². The molecule has 0 spiro atoms. The van der Waals surface area contributed by atoms with E-state index in [0.717, 1.165) is 17.1 Å². The van der Waals surface area contributed by atoms with Gasteiger partial charge in [0.15, 0.2) is 0 Å². The normalized spacial score (nSPS) is 12.4. The molecule has 1 aromatic carbocycles. The molecule has 2 aromatic rings. The van der Waals surface area contributed by atoms with Crippen molar-refractivity contribution < 1.29 is 0 Å². The molecule has 0 saturated heterocycles. The van der Waals surface area contributed by atoms with Gasteiger partial charge in [0.05, 0.1) is 16.8 Å². The largest absolute Gasteiger partial charge is 0.311 e. The van der Waals surface area contributed by atoms with E-state index >= 15 is 0 Å². The predicted octanol–water partition coefficient (Wildman–Crippen LogP) is 3.89. The summed E-state index contributed by atoms with van der Waals surface area (Å²) in [5, 5.41) is 4.67. The number of hydrogen-bond donors (Lipinski definition) is 1. The second-order valence-electron chi connectivity index (χ2n) is 4.07. The average molecular weight is 281 g/mol. The molecule has 1 atom stereocenters. The fourth-order valence-corrected chi connectivity index (χ4v) is 2.04. The van der Waals surface area contributed by atoms with Gasteiger partial charge in [-0.15, -0.1) is 0 Å². The summed E-state index contributed by atoms with van der Waals surface area (Å²) < 4.78 is 0. The minimum Gasteiger partial charge on any atom is -0.311 e. The predicted molar refractivity (Wildman–Crippen MR) is 76.2 cm³/mol. The molecule has 2 rings (SSSR count). The Bertz CT molecular complexity index is 494. The molecule has 2 nitrogen and oxygen atoms in total. The summed E-state index contributed by atoms with van der Waals surface area (Å²) in [4.78, 5) is 4.34. The SMILES string of the molecule is CNC(Cc1ccc(Cl)cc1)c1ccc(Cl)cn1. The van der Waals surface area contributed by atoms with Crippen LogP contribution in [0.1, 0.15) is 17.3 Å². The van der Waals surface area contributed by atoms with Gasteiger partial charge in [-0.05, 0) is 43.3 Å². The lowest BCUT2D eigenvalue weighted by atomic mass is 10.0. The van der Waals surface area contributed by atoms with Gasteiger partial charge in [0.2, 0.25) is 0 Å². The Balaban J connectivity index is 2.14. The first-order valence-corrected chi connectivity index (χ1v) is 6.48. The van der Waals surface area contributed by atoms with Gasteiger partial charge in [-0.25, -0.2) is 0 Å². The van der Waals surface area contributed by atoms with Crippen molar-refractivity contribution in [2.45, 2.75) is 12.5 Å². The van der Waals surface area contributed by atoms with Crippen molar-refractivity contribution in [3.63, 3.8) is 0 Å². The molecule has 1 N–H and O–H groups in total. The molecule has 4 heteroatoms. The van der Waals surface area contributed by atoms with Crippen molar-refractivity contribution in [1.82, 2.24) is 10.3 Å². The number of halogens is 2. The Kier molecular flexibility index (Phi) is 4.59. The topological polar surface area (TPSA) is 24.9 Å². The highest BCUT2D eigenvalue weighted by Crippen LogP contribution is 2.19. The van der Waals surface area contributed by atoms with E-state index in [4.69, 9.17) is 23.2 Å². The van der Waals surface area contributed by atoms with Crippen LogP contribution < -0.4 is 5.32 Å². The van der Waals surface area contributed by atoms with Crippen LogP contribution in [-0.2, 0) is 6.42 Å². The van der Waals surface area contributed by atoms with Crippen molar-refractivity contribution >= 4 is 23.2 Å². The summed E-state index contributed by atoms with van der Waals surface area (Å²) in [5.74, 6) is 0. The van der Waals surface area contributed by atoms with E-state index in [0.29, 0.717) is 5.02 Å². The van der Waals surface area contributed by atoms with Crippen molar-refractivity contribution in [1.29, 1.82) is 0 Å². The van der Waals surface area contributed by atoms with E-state index in [1.807, 2.05) is 43.4 Å². The smallest absolute Gasteiger partial charge is 0.0589 e. The molecular formula is C14H14Cl2N2. The van der Waals surface area contributed by atoms with Crippen LogP contribution in [0.15, 0.2) is 42.6 Å². The van der Waals surface area contributed by atoms with Crippen molar-refractivity contribution in [3.8, 4) is 0 Å². The second kappa shape index (κ2) is 6.19. The third-order valence-corrected chi connectivity index (χ3v) is 3.28. The van der Waals surface area contributed by atoms with Gasteiger partial charge < -0.3 is 5.32 Å². The van der Waals surface area contributed by atoms with E-state index < -0.39 is 0 Å². The number of hydrogen-bond acceptors (Lipinski definition) is 2. The van der Waals surface area contributed by atoms with E-state index in [1.165, 1.54) is 5.56 Å². The zero-order valence-electron chi connectivity index (χ0n) is 10.0. The molecule has 0 aliphatic carbocycles. The Morgan fingerprint density at radius 1 is 1.06 bits per heavy atom. The van der Waals surface area contributed by atoms with Gasteiger partial charge in [-0.1, -0.05) is 35.3 Å². The number of likely N-dealkylation sites (N-methyl/N-ethyl adjacent to an activating group) is 1. The fraction of sp³-hybridized carbons (Fsp3) is 0.214. The fourth-order valence-electron chi connectivity index (χ4n) is 1.80. The molecular weight excluding hydrogens is 267 g/mol. The average Bonchev–Trinajstić information content (AvgIpc) is 2.39. The standard InChI is InChI=1S/C14H14Cl2N2/c1-17-14(13-7-6-12(16)9-18-13)8-10-2-4-11(15)5-3-10/h2-7,9,14,17H,8H2,1H3. The summed E-state index contributed by atoms with van der Waals surface area (Å²) in [7, 11) is 1.93. The van der Waals surface area contributed by atoms with Crippen LogP contribution in [0, 0.1) is 0 Å². The van der Waals surface area contributed by atoms with Crippen LogP contribution in [-0.4, -0.2) is 12.0 Å². The second-order valence-corrected chi connectivity index (χ2v) is 4.95. The first kappa shape index (κ1) is 13.3. The number of pyridine rings is 1. The van der Waals surface area contributed by atoms with E-state index in [2.05, 4.69) is 10.3 Å². The lowest BCUT2D eigenvalue weighted by molar-refractivity contribution is 0.576. The number of aromatic nitrogens is 1. The molecule has 0 aliphatic heterocycles. The minimum atomic E-state index is 0.170. The highest BCUT2D eigenvalue weighted by atomic mass is 35.5. The first-order chi connectivity index (χ1) is 8.69. The van der Waals surface area contributed by atoms with Crippen LogP contribution in [0.4, 0.5) is 0 Å². The summed E-state index contributed by atoms with van der Waals surface area (Å²) in [6.07, 6.45) is 2.53. The molecule has 0 fully saturated rings. The number of nitrogens with one attached hydrogen (secondary N) is 1. The Labute approximate surface area is 117 Å². The molecule has 0 radical (unpaired) electrons. The molecule has 0 amide bonds. The Morgan fingerprint density at radius 2 is 1.72 bits per heavy atom. The molecule has 1 heterocycles. The third-order valence-electron chi connectivity index (χ3n) is 2.81. The quantitative estimate of drug-likeness (QED) is 0.919. The number of benzene rings is 1. The summed E-state index contributed by atoms with van der Waals surface area (Å²) in [5.41, 5.74) is 2.20. The van der Waals surface area contributed by atoms with Crippen LogP contribution in [0.3, 0.4) is 0 Å². The maximum Gasteiger partial charge on any atom is 0.0589 e. The van der Waals surface area contributed by atoms with Crippen molar-refractivity contribution in [2.75, 3.05) is 7.05 Å². The Hall–Kier alpha value is -1.09. The van der Waals surface area contributed by atoms with Gasteiger partial charge >= 0.3 is 0 Å². The molecule has 0 aliphatic rings. The van der Waals surface area contributed by atoms with Gasteiger partial charge in [0.1, 0.15) is 0 Å². The summed E-state index contributed by atoms with van der Waals surface area (Å²) in [6.45, 7) is 0. The lowest BCUT2D eigenvalue weighted by Crippen LogP contribution is -2.19. The summed E-state index contributed by atoms with van der Waals surface area (Å²) in [6, 6.07) is 11.8. The molecule has 0 bridgehead atoms. The molecule has 94 valence electrons. The van der Waals surface area contributed by atoms with Crippen molar-refractivity contribution in [3.05, 3.63) is 63.9 Å². The minimum absolute atomic E-state index is 0.170. The van der Waals surface area contributed by atoms with Crippen LogP contribution >= 0.6 is 23.2 Å². The van der Waals surface area contributed by atoms with E-state index in [1.54, 1.807) is 6.20 Å². The molecule has 0 saturated carbocycles. The molecule has 1 aromatic heterocycles. The van der Waals surface area contributed by atoms with E-state index in [9.17, 15) is 0 Å². The monoisotopic (exact) mass is 280 g/mol. The van der Waals surface area contributed by atoms with Gasteiger partial charge in [-0.2, -0.15) is 0 Å². The molecule has 18 heavy (non-hydrogen) atoms. The zero-order valence-corrected chi connectivity index (χ0v) is 11.5. The maximum atomic E-state index is 5.87.